The molecule has 0 aliphatic carbocycles. The minimum absolute atomic E-state index is 0.0525. The average molecular weight is 319 g/mol. The van der Waals surface area contributed by atoms with E-state index in [0.717, 1.165) is 30.7 Å². The van der Waals surface area contributed by atoms with Gasteiger partial charge in [0.1, 0.15) is 12.4 Å². The molecule has 0 bridgehead atoms. The van der Waals surface area contributed by atoms with Crippen molar-refractivity contribution >= 4 is 5.78 Å². The van der Waals surface area contributed by atoms with Crippen LogP contribution in [0, 0.1) is 11.8 Å². The predicted molar refractivity (Wildman–Crippen MR) is 92.1 cm³/mol. The van der Waals surface area contributed by atoms with Crippen LogP contribution in [0.3, 0.4) is 0 Å². The molecule has 128 valence electrons. The summed E-state index contributed by atoms with van der Waals surface area (Å²) < 4.78 is 11.3. The summed E-state index contributed by atoms with van der Waals surface area (Å²) in [5.74, 6) is 2.35. The Labute approximate surface area is 139 Å². The van der Waals surface area contributed by atoms with Gasteiger partial charge in [0.2, 0.25) is 0 Å². The predicted octanol–water partition coefficient (Wildman–Crippen LogP) is 3.26. The maximum absolute atomic E-state index is 11.3. The average Bonchev–Trinajstić information content (AvgIpc) is 2.50. The van der Waals surface area contributed by atoms with Crippen molar-refractivity contribution in [2.45, 2.75) is 27.2 Å². The summed E-state index contributed by atoms with van der Waals surface area (Å²) in [6.07, 6.45) is 1.34. The number of hydrogen-bond donors (Lipinski definition) is 0. The molecule has 0 N–H and O–H groups in total. The monoisotopic (exact) mass is 319 g/mol. The highest BCUT2D eigenvalue weighted by atomic mass is 16.5. The number of ether oxygens (including phenoxy) is 2. The second-order valence-electron chi connectivity index (χ2n) is 6.75. The van der Waals surface area contributed by atoms with Crippen LogP contribution in [0.25, 0.3) is 0 Å². The van der Waals surface area contributed by atoms with Crippen molar-refractivity contribution in [2.75, 3.05) is 39.5 Å². The molecular formula is C19H29NO3. The number of carbonyl (C=O) groups is 1. The van der Waals surface area contributed by atoms with Crippen LogP contribution in [-0.4, -0.2) is 50.1 Å². The zero-order valence-corrected chi connectivity index (χ0v) is 14.6. The van der Waals surface area contributed by atoms with Gasteiger partial charge in [-0.2, -0.15) is 0 Å². The molecule has 4 heteroatoms. The first kappa shape index (κ1) is 18.0. The number of piperidine rings is 1. The van der Waals surface area contributed by atoms with Crippen molar-refractivity contribution in [3.8, 4) is 5.75 Å². The number of Topliss-reactive ketones (excluding diaryl/α,β-unsaturated/α-hetero) is 1. The van der Waals surface area contributed by atoms with E-state index in [1.807, 2.05) is 12.1 Å². The summed E-state index contributed by atoms with van der Waals surface area (Å²) in [5, 5.41) is 0. The van der Waals surface area contributed by atoms with Crippen LogP contribution in [0.4, 0.5) is 0 Å². The number of hydrogen-bond acceptors (Lipinski definition) is 4. The van der Waals surface area contributed by atoms with Gasteiger partial charge in [0.15, 0.2) is 5.78 Å². The second-order valence-corrected chi connectivity index (χ2v) is 6.75. The van der Waals surface area contributed by atoms with Crippen molar-refractivity contribution in [1.82, 2.24) is 4.90 Å². The van der Waals surface area contributed by atoms with Gasteiger partial charge >= 0.3 is 0 Å². The van der Waals surface area contributed by atoms with Crippen LogP contribution >= 0.6 is 0 Å². The lowest BCUT2D eigenvalue weighted by Gasteiger charge is -2.34. The quantitative estimate of drug-likeness (QED) is 0.544. The Kier molecular flexibility index (Phi) is 7.06. The summed E-state index contributed by atoms with van der Waals surface area (Å²) in [5.41, 5.74) is 0.678. The Morgan fingerprint density at radius 3 is 2.61 bits per heavy atom. The third-order valence-corrected chi connectivity index (χ3v) is 4.23. The van der Waals surface area contributed by atoms with Crippen molar-refractivity contribution in [1.29, 1.82) is 0 Å². The summed E-state index contributed by atoms with van der Waals surface area (Å²) in [7, 11) is 0. The number of nitrogens with zero attached hydrogens (tertiary/aromatic N) is 1. The normalized spacial score (nSPS) is 22.0. The Morgan fingerprint density at radius 1 is 1.17 bits per heavy atom. The molecular weight excluding hydrogens is 290 g/mol. The van der Waals surface area contributed by atoms with E-state index >= 15 is 0 Å². The molecule has 1 heterocycles. The first-order valence-electron chi connectivity index (χ1n) is 8.58. The van der Waals surface area contributed by atoms with Gasteiger partial charge < -0.3 is 14.4 Å². The first-order chi connectivity index (χ1) is 11.0. The molecule has 1 aromatic carbocycles. The van der Waals surface area contributed by atoms with E-state index in [9.17, 15) is 4.79 Å². The molecule has 0 amide bonds. The lowest BCUT2D eigenvalue weighted by Crippen LogP contribution is -2.40. The fraction of sp³-hybridized carbons (Fsp3) is 0.632. The van der Waals surface area contributed by atoms with Crippen LogP contribution in [-0.2, 0) is 4.74 Å². The standard InChI is InChI=1S/C19H29NO3/c1-15-11-16(2)14-20(13-15)7-8-22-9-10-23-19-6-4-5-18(12-19)17(3)21/h4-6,12,15-16H,7-11,13-14H2,1-3H3. The molecule has 2 atom stereocenters. The summed E-state index contributed by atoms with van der Waals surface area (Å²) in [4.78, 5) is 13.8. The van der Waals surface area contributed by atoms with Gasteiger partial charge in [-0.3, -0.25) is 4.79 Å². The maximum atomic E-state index is 11.3. The van der Waals surface area contributed by atoms with E-state index in [4.69, 9.17) is 9.47 Å². The molecule has 0 spiro atoms. The van der Waals surface area contributed by atoms with Gasteiger partial charge in [-0.25, -0.2) is 0 Å². The van der Waals surface area contributed by atoms with E-state index < -0.39 is 0 Å². The van der Waals surface area contributed by atoms with E-state index in [-0.39, 0.29) is 5.78 Å². The Balaban J connectivity index is 1.59. The zero-order valence-electron chi connectivity index (χ0n) is 14.6. The van der Waals surface area contributed by atoms with E-state index in [2.05, 4.69) is 18.7 Å². The minimum atomic E-state index is 0.0525. The molecule has 2 rings (SSSR count). The van der Waals surface area contributed by atoms with E-state index in [1.54, 1.807) is 19.1 Å². The van der Waals surface area contributed by atoms with Gasteiger partial charge in [0.25, 0.3) is 0 Å². The van der Waals surface area contributed by atoms with Crippen molar-refractivity contribution in [2.24, 2.45) is 11.8 Å². The second kappa shape index (κ2) is 9.04. The van der Waals surface area contributed by atoms with Crippen LogP contribution in [0.1, 0.15) is 37.6 Å². The fourth-order valence-corrected chi connectivity index (χ4v) is 3.29. The topological polar surface area (TPSA) is 38.8 Å². The van der Waals surface area contributed by atoms with Gasteiger partial charge in [-0.1, -0.05) is 26.0 Å². The highest BCUT2D eigenvalue weighted by molar-refractivity contribution is 5.94. The Hall–Kier alpha value is -1.39. The highest BCUT2D eigenvalue weighted by Gasteiger charge is 2.21. The summed E-state index contributed by atoms with van der Waals surface area (Å²) in [6.45, 7) is 11.4. The van der Waals surface area contributed by atoms with Crippen LogP contribution in [0.15, 0.2) is 24.3 Å². The maximum Gasteiger partial charge on any atom is 0.159 e. The Bertz CT molecular complexity index is 493. The number of carbonyl (C=O) groups excluding carboxylic acids is 1. The SMILES string of the molecule is CC(=O)c1cccc(OCCOCCN2CC(C)CC(C)C2)c1. The van der Waals surface area contributed by atoms with Crippen molar-refractivity contribution in [3.63, 3.8) is 0 Å². The highest BCUT2D eigenvalue weighted by Crippen LogP contribution is 2.20. The van der Waals surface area contributed by atoms with Gasteiger partial charge in [-0.15, -0.1) is 0 Å². The first-order valence-corrected chi connectivity index (χ1v) is 8.58. The van der Waals surface area contributed by atoms with Gasteiger partial charge in [0.05, 0.1) is 13.2 Å². The van der Waals surface area contributed by atoms with Crippen LogP contribution in [0.5, 0.6) is 5.75 Å². The largest absolute Gasteiger partial charge is 0.491 e. The molecule has 0 saturated carbocycles. The molecule has 1 saturated heterocycles. The molecule has 2 unspecified atom stereocenters. The molecule has 1 aromatic rings. The molecule has 1 aliphatic rings. The third-order valence-electron chi connectivity index (χ3n) is 4.23. The number of likely N-dealkylation sites (tertiary alicyclic amines) is 1. The van der Waals surface area contributed by atoms with Crippen molar-refractivity contribution < 1.29 is 14.3 Å². The van der Waals surface area contributed by atoms with Gasteiger partial charge in [0, 0.05) is 25.2 Å². The van der Waals surface area contributed by atoms with Crippen molar-refractivity contribution in [3.05, 3.63) is 29.8 Å². The molecule has 0 radical (unpaired) electrons. The fourth-order valence-electron chi connectivity index (χ4n) is 3.29. The number of rotatable bonds is 8. The lowest BCUT2D eigenvalue weighted by molar-refractivity contribution is 0.0595. The molecule has 0 aromatic heterocycles. The molecule has 1 aliphatic heterocycles. The number of benzene rings is 1. The zero-order chi connectivity index (χ0) is 16.7. The molecule has 1 fully saturated rings. The van der Waals surface area contributed by atoms with E-state index in [0.29, 0.717) is 18.8 Å². The summed E-state index contributed by atoms with van der Waals surface area (Å²) in [6, 6.07) is 7.28. The smallest absolute Gasteiger partial charge is 0.159 e. The molecule has 4 nitrogen and oxygen atoms in total. The summed E-state index contributed by atoms with van der Waals surface area (Å²) >= 11 is 0. The number of ketones is 1. The third kappa shape index (κ3) is 6.32. The molecule has 23 heavy (non-hydrogen) atoms. The van der Waals surface area contributed by atoms with Gasteiger partial charge in [-0.05, 0) is 37.3 Å². The van der Waals surface area contributed by atoms with E-state index in [1.165, 1.54) is 19.5 Å². The lowest BCUT2D eigenvalue weighted by atomic mass is 9.92. The van der Waals surface area contributed by atoms with Crippen LogP contribution in [0.2, 0.25) is 0 Å². The Morgan fingerprint density at radius 2 is 1.91 bits per heavy atom. The minimum Gasteiger partial charge on any atom is -0.491 e. The van der Waals surface area contributed by atoms with Crippen LogP contribution < -0.4 is 4.74 Å².